The summed E-state index contributed by atoms with van der Waals surface area (Å²) in [6.45, 7) is -0.0995. The van der Waals surface area contributed by atoms with Crippen LogP contribution in [0.25, 0.3) is 11.4 Å². The van der Waals surface area contributed by atoms with Gasteiger partial charge in [0, 0.05) is 18.0 Å². The van der Waals surface area contributed by atoms with Crippen LogP contribution in [-0.4, -0.2) is 29.7 Å². The van der Waals surface area contributed by atoms with Crippen molar-refractivity contribution < 1.29 is 14.3 Å². The highest BCUT2D eigenvalue weighted by molar-refractivity contribution is 5.70. The molecular weight excluding hydrogens is 232 g/mol. The van der Waals surface area contributed by atoms with E-state index in [0.717, 1.165) is 5.56 Å². The molecule has 1 aromatic heterocycles. The predicted molar refractivity (Wildman–Crippen MR) is 65.0 cm³/mol. The number of ether oxygens (including phenoxy) is 2. The van der Waals surface area contributed by atoms with Crippen LogP contribution in [-0.2, 0) is 9.53 Å². The smallest absolute Gasteiger partial charge is 0.343 e. The first kappa shape index (κ1) is 12.0. The third kappa shape index (κ3) is 3.04. The number of carbonyl (C=O) groups is 1. The molecule has 2 rings (SSSR count). The summed E-state index contributed by atoms with van der Waals surface area (Å²) < 4.78 is 9.72. The SMILES string of the molecule is COC(=O)COc1ccc(-c2ncccn2)cc1. The van der Waals surface area contributed by atoms with E-state index < -0.39 is 5.97 Å². The molecule has 0 unspecified atom stereocenters. The molecule has 0 saturated heterocycles. The van der Waals surface area contributed by atoms with Crippen LogP contribution >= 0.6 is 0 Å². The van der Waals surface area contributed by atoms with Gasteiger partial charge in [-0.05, 0) is 30.3 Å². The number of rotatable bonds is 4. The lowest BCUT2D eigenvalue weighted by Crippen LogP contribution is -2.12. The second-order valence-corrected chi connectivity index (χ2v) is 3.46. The van der Waals surface area contributed by atoms with Crippen molar-refractivity contribution in [1.29, 1.82) is 0 Å². The normalized spacial score (nSPS) is 9.83. The zero-order valence-electron chi connectivity index (χ0n) is 9.87. The van der Waals surface area contributed by atoms with Crippen LogP contribution in [0.1, 0.15) is 0 Å². The largest absolute Gasteiger partial charge is 0.482 e. The van der Waals surface area contributed by atoms with Gasteiger partial charge in [0.15, 0.2) is 12.4 Å². The first-order chi connectivity index (χ1) is 8.79. The highest BCUT2D eigenvalue weighted by Crippen LogP contribution is 2.18. The molecular formula is C13H12N2O3. The summed E-state index contributed by atoms with van der Waals surface area (Å²) in [6, 6.07) is 8.95. The molecule has 0 atom stereocenters. The molecule has 0 bridgehead atoms. The van der Waals surface area contributed by atoms with Gasteiger partial charge in [0.05, 0.1) is 7.11 Å². The summed E-state index contributed by atoms with van der Waals surface area (Å²) in [5.74, 6) is 0.836. The molecule has 0 saturated carbocycles. The Morgan fingerprint density at radius 2 is 1.83 bits per heavy atom. The Labute approximate surface area is 104 Å². The van der Waals surface area contributed by atoms with Crippen molar-refractivity contribution in [2.24, 2.45) is 0 Å². The topological polar surface area (TPSA) is 61.3 Å². The molecule has 5 nitrogen and oxygen atoms in total. The van der Waals surface area contributed by atoms with Crippen LogP contribution in [0.5, 0.6) is 5.75 Å². The maximum absolute atomic E-state index is 10.9. The van der Waals surface area contributed by atoms with Gasteiger partial charge in [-0.25, -0.2) is 14.8 Å². The minimum absolute atomic E-state index is 0.0995. The van der Waals surface area contributed by atoms with Gasteiger partial charge in [-0.2, -0.15) is 0 Å². The highest BCUT2D eigenvalue weighted by atomic mass is 16.6. The molecule has 1 heterocycles. The minimum Gasteiger partial charge on any atom is -0.482 e. The zero-order valence-corrected chi connectivity index (χ0v) is 9.87. The van der Waals surface area contributed by atoms with E-state index in [9.17, 15) is 4.79 Å². The van der Waals surface area contributed by atoms with Crippen molar-refractivity contribution in [1.82, 2.24) is 9.97 Å². The quantitative estimate of drug-likeness (QED) is 0.766. The first-order valence-corrected chi connectivity index (χ1v) is 5.36. The monoisotopic (exact) mass is 244 g/mol. The van der Waals surface area contributed by atoms with E-state index in [1.54, 1.807) is 30.6 Å². The molecule has 5 heteroatoms. The summed E-state index contributed by atoms with van der Waals surface area (Å²) >= 11 is 0. The van der Waals surface area contributed by atoms with Gasteiger partial charge >= 0.3 is 5.97 Å². The van der Waals surface area contributed by atoms with Gasteiger partial charge in [-0.3, -0.25) is 0 Å². The number of carbonyl (C=O) groups excluding carboxylic acids is 1. The van der Waals surface area contributed by atoms with Gasteiger partial charge in [0.2, 0.25) is 0 Å². The lowest BCUT2D eigenvalue weighted by Gasteiger charge is -2.05. The van der Waals surface area contributed by atoms with Crippen LogP contribution in [0.2, 0.25) is 0 Å². The lowest BCUT2D eigenvalue weighted by atomic mass is 10.2. The summed E-state index contributed by atoms with van der Waals surface area (Å²) in [5, 5.41) is 0. The Morgan fingerprint density at radius 1 is 1.17 bits per heavy atom. The van der Waals surface area contributed by atoms with Crippen molar-refractivity contribution in [3.05, 3.63) is 42.7 Å². The average Bonchev–Trinajstić information content (AvgIpc) is 2.46. The van der Waals surface area contributed by atoms with E-state index in [4.69, 9.17) is 4.74 Å². The summed E-state index contributed by atoms with van der Waals surface area (Å²) in [7, 11) is 1.32. The summed E-state index contributed by atoms with van der Waals surface area (Å²) in [5.41, 5.74) is 0.890. The lowest BCUT2D eigenvalue weighted by molar-refractivity contribution is -0.142. The Hall–Kier alpha value is -2.43. The average molecular weight is 244 g/mol. The third-order valence-electron chi connectivity index (χ3n) is 2.26. The molecule has 0 aliphatic carbocycles. The Bertz CT molecular complexity index is 512. The van der Waals surface area contributed by atoms with E-state index >= 15 is 0 Å². The van der Waals surface area contributed by atoms with Crippen molar-refractivity contribution in [3.8, 4) is 17.1 Å². The van der Waals surface area contributed by atoms with Crippen LogP contribution in [0.4, 0.5) is 0 Å². The Balaban J connectivity index is 2.04. The number of benzene rings is 1. The fraction of sp³-hybridized carbons (Fsp3) is 0.154. The highest BCUT2D eigenvalue weighted by Gasteiger charge is 2.03. The Morgan fingerprint density at radius 3 is 2.44 bits per heavy atom. The number of methoxy groups -OCH3 is 1. The van der Waals surface area contributed by atoms with Crippen molar-refractivity contribution in [2.45, 2.75) is 0 Å². The molecule has 0 aliphatic heterocycles. The van der Waals surface area contributed by atoms with Gasteiger partial charge < -0.3 is 9.47 Å². The van der Waals surface area contributed by atoms with E-state index in [-0.39, 0.29) is 6.61 Å². The maximum Gasteiger partial charge on any atom is 0.343 e. The molecule has 2 aromatic rings. The fourth-order valence-electron chi connectivity index (χ4n) is 1.35. The maximum atomic E-state index is 10.9. The van der Waals surface area contributed by atoms with Gasteiger partial charge in [-0.1, -0.05) is 0 Å². The van der Waals surface area contributed by atoms with Gasteiger partial charge in [0.1, 0.15) is 5.75 Å². The van der Waals surface area contributed by atoms with E-state index in [2.05, 4.69) is 14.7 Å². The summed E-state index contributed by atoms with van der Waals surface area (Å²) in [4.78, 5) is 19.2. The van der Waals surface area contributed by atoms with Crippen molar-refractivity contribution in [3.63, 3.8) is 0 Å². The summed E-state index contributed by atoms with van der Waals surface area (Å²) in [6.07, 6.45) is 3.37. The van der Waals surface area contributed by atoms with Crippen molar-refractivity contribution >= 4 is 5.97 Å². The molecule has 0 radical (unpaired) electrons. The van der Waals surface area contributed by atoms with E-state index in [1.807, 2.05) is 12.1 Å². The molecule has 1 aromatic carbocycles. The van der Waals surface area contributed by atoms with Crippen LogP contribution in [0.3, 0.4) is 0 Å². The van der Waals surface area contributed by atoms with Gasteiger partial charge in [-0.15, -0.1) is 0 Å². The number of hydrogen-bond donors (Lipinski definition) is 0. The molecule has 0 spiro atoms. The molecule has 92 valence electrons. The van der Waals surface area contributed by atoms with Crippen LogP contribution < -0.4 is 4.74 Å². The van der Waals surface area contributed by atoms with Crippen LogP contribution in [0, 0.1) is 0 Å². The standard InChI is InChI=1S/C13H12N2O3/c1-17-12(16)9-18-11-5-3-10(4-6-11)13-14-7-2-8-15-13/h2-8H,9H2,1H3. The number of aromatic nitrogens is 2. The van der Waals surface area contributed by atoms with Crippen LogP contribution in [0.15, 0.2) is 42.7 Å². The first-order valence-electron chi connectivity index (χ1n) is 5.36. The minimum atomic E-state index is -0.412. The second kappa shape index (κ2) is 5.77. The van der Waals surface area contributed by atoms with E-state index in [0.29, 0.717) is 11.6 Å². The predicted octanol–water partition coefficient (Wildman–Crippen LogP) is 1.70. The number of nitrogens with zero attached hydrogens (tertiary/aromatic N) is 2. The van der Waals surface area contributed by atoms with E-state index in [1.165, 1.54) is 7.11 Å². The Kier molecular flexibility index (Phi) is 3.86. The second-order valence-electron chi connectivity index (χ2n) is 3.46. The zero-order chi connectivity index (χ0) is 12.8. The molecule has 0 aliphatic rings. The molecule has 0 fully saturated rings. The fourth-order valence-corrected chi connectivity index (χ4v) is 1.35. The number of hydrogen-bond acceptors (Lipinski definition) is 5. The molecule has 0 N–H and O–H groups in total. The molecule has 18 heavy (non-hydrogen) atoms. The van der Waals surface area contributed by atoms with Gasteiger partial charge in [0.25, 0.3) is 0 Å². The van der Waals surface area contributed by atoms with Crippen molar-refractivity contribution in [2.75, 3.05) is 13.7 Å². The number of esters is 1. The molecule has 0 amide bonds. The third-order valence-corrected chi connectivity index (χ3v) is 2.26.